The van der Waals surface area contributed by atoms with Gasteiger partial charge in [-0.15, -0.1) is 0 Å². The van der Waals surface area contributed by atoms with Crippen molar-refractivity contribution in [3.63, 3.8) is 0 Å². The fourth-order valence-corrected chi connectivity index (χ4v) is 8.27. The molecule has 0 aliphatic rings. The molecule has 2 aromatic carbocycles. The summed E-state index contributed by atoms with van der Waals surface area (Å²) in [5.41, 5.74) is 23.7. The third-order valence-electron chi connectivity index (χ3n) is 13.0. The van der Waals surface area contributed by atoms with Crippen molar-refractivity contribution in [2.24, 2.45) is 45.7 Å². The van der Waals surface area contributed by atoms with Gasteiger partial charge in [-0.2, -0.15) is 0 Å². The van der Waals surface area contributed by atoms with Crippen molar-refractivity contribution in [3.8, 4) is 5.75 Å². The van der Waals surface area contributed by atoms with E-state index >= 15 is 0 Å². The highest BCUT2D eigenvalue weighted by Gasteiger charge is 2.36. The number of guanidine groups is 1. The SMILES string of the molecule is CC(C)C[C@H](NC(=O)[C@H](CCC(=O)O)NC(=O)[C@H](CCCCN)NC(=O)[C@@H](N)C(C)C)C(=O)N[C@@H](CCCN=C(N)N)C(=O)N[C@@H](Cc1ccc(O)cc1)C(=O)N[C@@H](Cc1ccccc1)C(=O)N[C@@H](CC(=O)O)C(=O)N[C@H](C(=O)O)C(C)C. The molecule has 0 aliphatic heterocycles. The number of unbranched alkanes of at least 4 members (excludes halogenated alkanes) is 1. The molecule has 0 fully saturated rings. The zero-order valence-electron chi connectivity index (χ0n) is 47.9. The highest BCUT2D eigenvalue weighted by atomic mass is 16.4. The summed E-state index contributed by atoms with van der Waals surface area (Å²) in [6, 6.07) is 0.554. The van der Waals surface area contributed by atoms with Crippen LogP contribution in [0, 0.1) is 17.8 Å². The first kappa shape index (κ1) is 70.7. The van der Waals surface area contributed by atoms with Crippen LogP contribution in [-0.4, -0.2) is 159 Å². The number of carbonyl (C=O) groups excluding carboxylic acids is 8. The summed E-state index contributed by atoms with van der Waals surface area (Å²) < 4.78 is 0. The standard InChI is InChI=1S/C55H85N13O15/c1-29(2)25-38(64-48(76)37(21-22-42(70)71)62-46(74)35(15-10-11-23-56)63-53(81)44(57)30(3)4)49(77)61-36(16-12-24-60-55(58)59)47(75)65-40(27-33-17-19-34(69)20-18-33)50(78)66-39(26-32-13-8-7-9-14-32)51(79)67-41(28-43(72)73)52(80)68-45(31(5)6)54(82)83/h7-9,13-14,17-20,29-31,35-41,44-45,69H,10-12,15-16,21-28,56-57H2,1-6H3,(H,61,77)(H,62,74)(H,63,81)(H,64,76)(H,65,75)(H,66,78)(H,67,79)(H,68,80)(H,70,71)(H,72,73)(H,82,83)(H4,58,59,60)/t35-,36-,37-,38-,39-,40-,41-,44-,45-/m0/s1. The van der Waals surface area contributed by atoms with Crippen LogP contribution in [0.2, 0.25) is 0 Å². The van der Waals surface area contributed by atoms with Gasteiger partial charge in [0.15, 0.2) is 5.96 Å². The van der Waals surface area contributed by atoms with Gasteiger partial charge >= 0.3 is 17.9 Å². The van der Waals surface area contributed by atoms with Crippen molar-refractivity contribution >= 4 is 71.1 Å². The average Bonchev–Trinajstić information content (AvgIpc) is 3.44. The van der Waals surface area contributed by atoms with Gasteiger partial charge in [0.05, 0.1) is 12.5 Å². The molecule has 28 heteroatoms. The second kappa shape index (κ2) is 36.1. The van der Waals surface area contributed by atoms with E-state index < -0.39 is 145 Å². The number of aliphatic imine (C=N–C) groups is 1. The van der Waals surface area contributed by atoms with Crippen LogP contribution < -0.4 is 65.5 Å². The average molecular weight is 1170 g/mol. The zero-order valence-corrected chi connectivity index (χ0v) is 47.9. The maximum atomic E-state index is 14.7. The summed E-state index contributed by atoms with van der Waals surface area (Å²) in [6.45, 7) is 10.1. The van der Waals surface area contributed by atoms with Gasteiger partial charge < -0.3 is 85.9 Å². The predicted molar refractivity (Wildman–Crippen MR) is 304 cm³/mol. The van der Waals surface area contributed by atoms with Gasteiger partial charge in [0.1, 0.15) is 54.1 Å². The largest absolute Gasteiger partial charge is 0.508 e. The lowest BCUT2D eigenvalue weighted by molar-refractivity contribution is -0.144. The van der Waals surface area contributed by atoms with Crippen LogP contribution in [0.25, 0.3) is 0 Å². The highest BCUT2D eigenvalue weighted by molar-refractivity contribution is 5.99. The Labute approximate surface area is 482 Å². The van der Waals surface area contributed by atoms with Gasteiger partial charge in [0.2, 0.25) is 47.3 Å². The lowest BCUT2D eigenvalue weighted by atomic mass is 10.00. The third kappa shape index (κ3) is 26.8. The van der Waals surface area contributed by atoms with E-state index in [-0.39, 0.29) is 75.2 Å². The number of nitrogens with zero attached hydrogens (tertiary/aromatic N) is 1. The van der Waals surface area contributed by atoms with Crippen LogP contribution in [0.1, 0.15) is 110 Å². The molecule has 28 nitrogen and oxygen atoms in total. The summed E-state index contributed by atoms with van der Waals surface area (Å²) >= 11 is 0. The number of rotatable bonds is 38. The Morgan fingerprint density at radius 3 is 1.39 bits per heavy atom. The van der Waals surface area contributed by atoms with Crippen molar-refractivity contribution < 1.29 is 73.2 Å². The Morgan fingerprint density at radius 1 is 0.494 bits per heavy atom. The molecule has 2 rings (SSSR count). The maximum absolute atomic E-state index is 14.7. The number of phenolic OH excluding ortho intramolecular Hbond substituents is 1. The van der Waals surface area contributed by atoms with Crippen molar-refractivity contribution in [2.75, 3.05) is 13.1 Å². The van der Waals surface area contributed by atoms with E-state index in [1.54, 1.807) is 58.0 Å². The smallest absolute Gasteiger partial charge is 0.326 e. The van der Waals surface area contributed by atoms with Gasteiger partial charge in [-0.1, -0.05) is 84.0 Å². The molecule has 0 saturated carbocycles. The fraction of sp³-hybridized carbons (Fsp3) is 0.564. The molecular formula is C55H85N13O15. The Kier molecular flexibility index (Phi) is 30.8. The van der Waals surface area contributed by atoms with Crippen molar-refractivity contribution in [1.29, 1.82) is 0 Å². The predicted octanol–water partition coefficient (Wildman–Crippen LogP) is -1.65. The summed E-state index contributed by atoms with van der Waals surface area (Å²) in [5.74, 6) is -13.5. The number of nitrogens with one attached hydrogen (secondary N) is 8. The number of aromatic hydroxyl groups is 1. The topological polar surface area (TPSA) is 481 Å². The van der Waals surface area contributed by atoms with E-state index in [4.69, 9.17) is 22.9 Å². The molecule has 0 bridgehead atoms. The van der Waals surface area contributed by atoms with Gasteiger partial charge in [-0.05, 0) is 92.5 Å². The molecule has 0 aliphatic carbocycles. The Hall–Kier alpha value is -8.40. The Balaban J connectivity index is 2.64. The number of carboxylic acids is 3. The molecule has 0 unspecified atom stereocenters. The molecule has 2 aromatic rings. The molecular weight excluding hydrogens is 1080 g/mol. The number of carboxylic acid groups (broad SMARTS) is 3. The van der Waals surface area contributed by atoms with Crippen LogP contribution in [0.4, 0.5) is 0 Å². The first-order chi connectivity index (χ1) is 39.0. The number of amides is 8. The zero-order chi connectivity index (χ0) is 62.5. The maximum Gasteiger partial charge on any atom is 0.326 e. The normalized spacial score (nSPS) is 14.4. The minimum absolute atomic E-state index is 0.0425. The third-order valence-corrected chi connectivity index (χ3v) is 13.0. The van der Waals surface area contributed by atoms with Gasteiger partial charge in [0, 0.05) is 25.8 Å². The first-order valence-electron chi connectivity index (χ1n) is 27.4. The molecule has 0 spiro atoms. The number of carbonyl (C=O) groups is 11. The van der Waals surface area contributed by atoms with Crippen LogP contribution in [0.15, 0.2) is 59.6 Å². The van der Waals surface area contributed by atoms with Crippen LogP contribution >= 0.6 is 0 Å². The Bertz CT molecular complexity index is 2530. The number of hydrogen-bond acceptors (Lipinski definition) is 15. The van der Waals surface area contributed by atoms with Crippen LogP contribution in [-0.2, 0) is 65.6 Å². The minimum atomic E-state index is -1.83. The lowest BCUT2D eigenvalue weighted by Gasteiger charge is -2.29. The highest BCUT2D eigenvalue weighted by Crippen LogP contribution is 2.15. The van der Waals surface area contributed by atoms with E-state index in [2.05, 4.69) is 47.5 Å². The van der Waals surface area contributed by atoms with Crippen molar-refractivity contribution in [3.05, 3.63) is 65.7 Å². The fourth-order valence-electron chi connectivity index (χ4n) is 8.27. The first-order valence-corrected chi connectivity index (χ1v) is 27.4. The van der Waals surface area contributed by atoms with Crippen molar-refractivity contribution in [2.45, 2.75) is 167 Å². The van der Waals surface area contributed by atoms with Gasteiger partial charge in [0.25, 0.3) is 0 Å². The molecule has 0 heterocycles. The van der Waals surface area contributed by atoms with Crippen LogP contribution in [0.3, 0.4) is 0 Å². The summed E-state index contributed by atoms with van der Waals surface area (Å²) in [5, 5.41) is 59.3. The molecule has 0 saturated heterocycles. The van der Waals surface area contributed by atoms with E-state index in [0.29, 0.717) is 24.0 Å². The summed E-state index contributed by atoms with van der Waals surface area (Å²) in [4.78, 5) is 152. The van der Waals surface area contributed by atoms with E-state index in [1.165, 1.54) is 38.1 Å². The molecule has 8 amide bonds. The number of aliphatic carboxylic acids is 3. The number of nitrogens with two attached hydrogens (primary N) is 4. The molecule has 0 radical (unpaired) electrons. The molecule has 83 heavy (non-hydrogen) atoms. The van der Waals surface area contributed by atoms with Crippen molar-refractivity contribution in [1.82, 2.24) is 42.5 Å². The monoisotopic (exact) mass is 1170 g/mol. The Morgan fingerprint density at radius 2 is 0.928 bits per heavy atom. The van der Waals surface area contributed by atoms with Crippen LogP contribution in [0.5, 0.6) is 5.75 Å². The molecule has 9 atom stereocenters. The molecule has 460 valence electrons. The number of hydrogen-bond donors (Lipinski definition) is 16. The van der Waals surface area contributed by atoms with Gasteiger partial charge in [-0.3, -0.25) is 52.9 Å². The van der Waals surface area contributed by atoms with Gasteiger partial charge in [-0.25, -0.2) is 4.79 Å². The lowest BCUT2D eigenvalue weighted by Crippen LogP contribution is -2.61. The quantitative estimate of drug-likeness (QED) is 0.0203. The second-order valence-electron chi connectivity index (χ2n) is 21.2. The summed E-state index contributed by atoms with van der Waals surface area (Å²) in [7, 11) is 0. The number of phenols is 1. The number of benzene rings is 2. The van der Waals surface area contributed by atoms with E-state index in [1.807, 2.05) is 0 Å². The second-order valence-corrected chi connectivity index (χ2v) is 21.2. The summed E-state index contributed by atoms with van der Waals surface area (Å²) in [6.07, 6.45) is -1.84. The van der Waals surface area contributed by atoms with E-state index in [9.17, 15) is 73.2 Å². The minimum Gasteiger partial charge on any atom is -0.508 e. The van der Waals surface area contributed by atoms with E-state index in [0.717, 1.165) is 0 Å². The molecule has 20 N–H and O–H groups in total. The molecule has 0 aromatic heterocycles.